The van der Waals surface area contributed by atoms with Gasteiger partial charge in [-0.15, -0.1) is 17.5 Å². The SMILES string of the molecule is Cl.Fc1ccc(-n2nc(OCC3CCNC3)c3ccccc32)cc1F. The Kier molecular flexibility index (Phi) is 5.20. The minimum atomic E-state index is -0.897. The van der Waals surface area contributed by atoms with E-state index in [2.05, 4.69) is 10.4 Å². The van der Waals surface area contributed by atoms with Crippen LogP contribution < -0.4 is 10.1 Å². The summed E-state index contributed by atoms with van der Waals surface area (Å²) in [6.07, 6.45) is 1.09. The van der Waals surface area contributed by atoms with E-state index in [-0.39, 0.29) is 12.4 Å². The molecule has 25 heavy (non-hydrogen) atoms. The van der Waals surface area contributed by atoms with Crippen molar-refractivity contribution < 1.29 is 13.5 Å². The molecule has 1 atom stereocenters. The molecule has 1 aromatic heterocycles. The van der Waals surface area contributed by atoms with Gasteiger partial charge in [0.1, 0.15) is 0 Å². The molecule has 0 aliphatic carbocycles. The fourth-order valence-electron chi connectivity index (χ4n) is 3.01. The van der Waals surface area contributed by atoms with Crippen LogP contribution in [0.25, 0.3) is 16.6 Å². The molecular weight excluding hydrogens is 348 g/mol. The molecule has 0 bridgehead atoms. The van der Waals surface area contributed by atoms with Crippen molar-refractivity contribution in [2.24, 2.45) is 5.92 Å². The average Bonchev–Trinajstić information content (AvgIpc) is 3.23. The predicted octanol–water partition coefficient (Wildman–Crippen LogP) is 3.71. The van der Waals surface area contributed by atoms with Gasteiger partial charge in [-0.2, -0.15) is 0 Å². The van der Waals surface area contributed by atoms with Crippen molar-refractivity contribution in [3.63, 3.8) is 0 Å². The molecule has 1 saturated heterocycles. The number of nitrogens with zero attached hydrogens (tertiary/aromatic N) is 2. The molecular formula is C18H18ClF2N3O. The molecule has 1 aliphatic heterocycles. The number of halogens is 3. The first kappa shape index (κ1) is 17.6. The Morgan fingerprint density at radius 1 is 1.16 bits per heavy atom. The van der Waals surface area contributed by atoms with Crippen LogP contribution in [0.3, 0.4) is 0 Å². The highest BCUT2D eigenvalue weighted by Gasteiger charge is 2.18. The van der Waals surface area contributed by atoms with Gasteiger partial charge in [-0.1, -0.05) is 12.1 Å². The summed E-state index contributed by atoms with van der Waals surface area (Å²) in [7, 11) is 0. The summed E-state index contributed by atoms with van der Waals surface area (Å²) >= 11 is 0. The Balaban J connectivity index is 0.00000182. The molecule has 1 unspecified atom stereocenters. The lowest BCUT2D eigenvalue weighted by molar-refractivity contribution is 0.252. The Hall–Kier alpha value is -2.18. The maximum atomic E-state index is 13.6. The van der Waals surface area contributed by atoms with Gasteiger partial charge in [-0.25, -0.2) is 13.5 Å². The number of nitrogens with one attached hydrogen (secondary N) is 1. The Morgan fingerprint density at radius 2 is 2.00 bits per heavy atom. The quantitative estimate of drug-likeness (QED) is 0.766. The Labute approximate surface area is 150 Å². The summed E-state index contributed by atoms with van der Waals surface area (Å²) in [4.78, 5) is 0. The van der Waals surface area contributed by atoms with Crippen LogP contribution in [0, 0.1) is 17.6 Å². The molecule has 0 radical (unpaired) electrons. The number of aromatic nitrogens is 2. The van der Waals surface area contributed by atoms with E-state index in [0.29, 0.717) is 24.1 Å². The van der Waals surface area contributed by atoms with E-state index in [1.807, 2.05) is 24.3 Å². The molecule has 132 valence electrons. The molecule has 4 rings (SSSR count). The van der Waals surface area contributed by atoms with Crippen LogP contribution in [-0.2, 0) is 0 Å². The zero-order chi connectivity index (χ0) is 16.5. The molecule has 1 fully saturated rings. The number of para-hydroxylation sites is 1. The monoisotopic (exact) mass is 365 g/mol. The van der Waals surface area contributed by atoms with E-state index in [4.69, 9.17) is 4.74 Å². The average molecular weight is 366 g/mol. The topological polar surface area (TPSA) is 39.1 Å². The van der Waals surface area contributed by atoms with E-state index < -0.39 is 11.6 Å². The van der Waals surface area contributed by atoms with Crippen LogP contribution in [0.5, 0.6) is 5.88 Å². The van der Waals surface area contributed by atoms with Crippen molar-refractivity contribution in [1.29, 1.82) is 0 Å². The number of hydrogen-bond donors (Lipinski definition) is 1. The Bertz CT molecular complexity index is 878. The third kappa shape index (κ3) is 3.45. The molecule has 1 aliphatic rings. The molecule has 0 saturated carbocycles. The van der Waals surface area contributed by atoms with Crippen LogP contribution >= 0.6 is 12.4 Å². The van der Waals surface area contributed by atoms with Crippen molar-refractivity contribution in [3.05, 3.63) is 54.1 Å². The van der Waals surface area contributed by atoms with Gasteiger partial charge in [0.15, 0.2) is 11.6 Å². The minimum Gasteiger partial charge on any atom is -0.476 e. The molecule has 1 N–H and O–H groups in total. The first-order valence-electron chi connectivity index (χ1n) is 7.99. The van der Waals surface area contributed by atoms with E-state index in [1.54, 1.807) is 4.68 Å². The van der Waals surface area contributed by atoms with Crippen LogP contribution in [0.1, 0.15) is 6.42 Å². The lowest BCUT2D eigenvalue weighted by Crippen LogP contribution is -2.15. The van der Waals surface area contributed by atoms with Crippen molar-refractivity contribution in [1.82, 2.24) is 15.1 Å². The number of ether oxygens (including phenoxy) is 1. The van der Waals surface area contributed by atoms with Gasteiger partial charge in [0, 0.05) is 18.5 Å². The van der Waals surface area contributed by atoms with Crippen molar-refractivity contribution in [2.75, 3.05) is 19.7 Å². The van der Waals surface area contributed by atoms with Crippen molar-refractivity contribution in [2.45, 2.75) is 6.42 Å². The number of fused-ring (bicyclic) bond motifs is 1. The summed E-state index contributed by atoms with van der Waals surface area (Å²) < 4.78 is 34.3. The lowest BCUT2D eigenvalue weighted by Gasteiger charge is -2.08. The normalized spacial score (nSPS) is 16.8. The zero-order valence-electron chi connectivity index (χ0n) is 13.4. The van der Waals surface area contributed by atoms with E-state index >= 15 is 0 Å². The summed E-state index contributed by atoms with van der Waals surface area (Å²) in [6.45, 7) is 2.55. The molecule has 0 amide bonds. The Morgan fingerprint density at radius 3 is 2.76 bits per heavy atom. The molecule has 4 nitrogen and oxygen atoms in total. The maximum Gasteiger partial charge on any atom is 0.241 e. The first-order valence-corrected chi connectivity index (χ1v) is 7.99. The van der Waals surface area contributed by atoms with Crippen molar-refractivity contribution >= 4 is 23.3 Å². The van der Waals surface area contributed by atoms with Crippen LogP contribution in [0.4, 0.5) is 8.78 Å². The zero-order valence-corrected chi connectivity index (χ0v) is 14.2. The molecule has 3 aromatic rings. The van der Waals surface area contributed by atoms with Crippen LogP contribution in [0.15, 0.2) is 42.5 Å². The van der Waals surface area contributed by atoms with Gasteiger partial charge in [-0.05, 0) is 37.2 Å². The summed E-state index contributed by atoms with van der Waals surface area (Å²) in [6, 6.07) is 11.3. The van der Waals surface area contributed by atoms with Gasteiger partial charge in [0.2, 0.25) is 5.88 Å². The maximum absolute atomic E-state index is 13.6. The highest BCUT2D eigenvalue weighted by molar-refractivity contribution is 5.86. The second-order valence-corrected chi connectivity index (χ2v) is 6.00. The minimum absolute atomic E-state index is 0. The largest absolute Gasteiger partial charge is 0.476 e. The summed E-state index contributed by atoms with van der Waals surface area (Å²) in [5.41, 5.74) is 1.26. The summed E-state index contributed by atoms with van der Waals surface area (Å²) in [5.74, 6) is -0.786. The van der Waals surface area contributed by atoms with Gasteiger partial charge in [-0.3, -0.25) is 0 Å². The third-order valence-corrected chi connectivity index (χ3v) is 4.32. The van der Waals surface area contributed by atoms with E-state index in [9.17, 15) is 8.78 Å². The van der Waals surface area contributed by atoms with E-state index in [0.717, 1.165) is 42.5 Å². The smallest absolute Gasteiger partial charge is 0.241 e. The predicted molar refractivity (Wildman–Crippen MR) is 94.7 cm³/mol. The fourth-order valence-corrected chi connectivity index (χ4v) is 3.01. The van der Waals surface area contributed by atoms with Gasteiger partial charge < -0.3 is 10.1 Å². The molecule has 7 heteroatoms. The van der Waals surface area contributed by atoms with E-state index in [1.165, 1.54) is 6.07 Å². The fraction of sp³-hybridized carbons (Fsp3) is 0.278. The summed E-state index contributed by atoms with van der Waals surface area (Å²) in [5, 5.41) is 8.64. The van der Waals surface area contributed by atoms with Gasteiger partial charge >= 0.3 is 0 Å². The highest BCUT2D eigenvalue weighted by atomic mass is 35.5. The molecule has 2 heterocycles. The highest BCUT2D eigenvalue weighted by Crippen LogP contribution is 2.28. The molecule has 2 aromatic carbocycles. The number of hydrogen-bond acceptors (Lipinski definition) is 3. The van der Waals surface area contributed by atoms with Crippen molar-refractivity contribution in [3.8, 4) is 11.6 Å². The number of benzene rings is 2. The van der Waals surface area contributed by atoms with Gasteiger partial charge in [0.05, 0.1) is 23.2 Å². The second kappa shape index (κ2) is 7.37. The third-order valence-electron chi connectivity index (χ3n) is 4.32. The first-order chi connectivity index (χ1) is 11.7. The molecule has 0 spiro atoms. The number of rotatable bonds is 4. The van der Waals surface area contributed by atoms with Crippen LogP contribution in [0.2, 0.25) is 0 Å². The lowest BCUT2D eigenvalue weighted by atomic mass is 10.1. The van der Waals surface area contributed by atoms with Gasteiger partial charge in [0.25, 0.3) is 0 Å². The standard InChI is InChI=1S/C18H17F2N3O.ClH/c19-15-6-5-13(9-16(15)20)23-17-4-2-1-3-14(17)18(22-23)24-11-12-7-8-21-10-12;/h1-6,9,12,21H,7-8,10-11H2;1H. The second-order valence-electron chi connectivity index (χ2n) is 6.00. The van der Waals surface area contributed by atoms with Crippen LogP contribution in [-0.4, -0.2) is 29.5 Å².